The highest BCUT2D eigenvalue weighted by molar-refractivity contribution is 5.37. The summed E-state index contributed by atoms with van der Waals surface area (Å²) in [5.74, 6) is 0. The zero-order valence-corrected chi connectivity index (χ0v) is 10.6. The van der Waals surface area contributed by atoms with Crippen LogP contribution in [-0.4, -0.2) is 50.8 Å². The second-order valence-electron chi connectivity index (χ2n) is 4.24. The van der Waals surface area contributed by atoms with Crippen LogP contribution in [0, 0.1) is 0 Å². The van der Waals surface area contributed by atoms with E-state index >= 15 is 0 Å². The Morgan fingerprint density at radius 1 is 1.21 bits per heavy atom. The average molecular weight is 263 g/mol. The number of rotatable bonds is 6. The van der Waals surface area contributed by atoms with E-state index in [0.29, 0.717) is 31.0 Å². The number of hydrogen-bond donors (Lipinski definition) is 2. The molecular weight excluding hydrogens is 246 g/mol. The summed E-state index contributed by atoms with van der Waals surface area (Å²) in [5.41, 5.74) is 1.10. The van der Waals surface area contributed by atoms with E-state index in [0.717, 1.165) is 0 Å². The van der Waals surface area contributed by atoms with E-state index in [1.165, 1.54) is 10.5 Å². The van der Waals surface area contributed by atoms with Gasteiger partial charge in [0.1, 0.15) is 5.65 Å². The predicted octanol–water partition coefficient (Wildman–Crippen LogP) is -0.519. The number of aliphatic hydroxyl groups excluding tert-OH is 2. The molecule has 2 aromatic heterocycles. The Morgan fingerprint density at radius 2 is 1.95 bits per heavy atom. The molecule has 2 aromatic rings. The largest absolute Gasteiger partial charge is 0.395 e. The van der Waals surface area contributed by atoms with Crippen molar-refractivity contribution < 1.29 is 10.2 Å². The van der Waals surface area contributed by atoms with Crippen molar-refractivity contribution in [1.82, 2.24) is 14.3 Å². The average Bonchev–Trinajstić information content (AvgIpc) is 2.39. The van der Waals surface area contributed by atoms with Crippen molar-refractivity contribution in [1.29, 1.82) is 0 Å². The number of hydrogen-bond acceptors (Lipinski definition) is 5. The molecule has 19 heavy (non-hydrogen) atoms. The minimum absolute atomic E-state index is 0.00651. The molecule has 2 N–H and O–H groups in total. The fourth-order valence-corrected chi connectivity index (χ4v) is 1.97. The van der Waals surface area contributed by atoms with E-state index in [2.05, 4.69) is 4.98 Å². The first-order chi connectivity index (χ1) is 9.24. The third-order valence-corrected chi connectivity index (χ3v) is 2.84. The van der Waals surface area contributed by atoms with Gasteiger partial charge >= 0.3 is 0 Å². The molecule has 6 heteroatoms. The van der Waals surface area contributed by atoms with Gasteiger partial charge in [0.15, 0.2) is 0 Å². The van der Waals surface area contributed by atoms with E-state index in [1.807, 2.05) is 11.0 Å². The maximum atomic E-state index is 11.9. The fourth-order valence-electron chi connectivity index (χ4n) is 1.97. The van der Waals surface area contributed by atoms with Gasteiger partial charge in [-0.2, -0.15) is 0 Å². The molecule has 0 atom stereocenters. The highest BCUT2D eigenvalue weighted by atomic mass is 16.3. The number of nitrogens with zero attached hydrogens (tertiary/aromatic N) is 3. The highest BCUT2D eigenvalue weighted by Gasteiger charge is 2.08. The molecule has 0 aliphatic carbocycles. The molecule has 0 amide bonds. The molecule has 0 spiro atoms. The van der Waals surface area contributed by atoms with E-state index in [1.54, 1.807) is 18.3 Å². The van der Waals surface area contributed by atoms with Crippen LogP contribution in [0.25, 0.3) is 5.65 Å². The van der Waals surface area contributed by atoms with Crippen LogP contribution < -0.4 is 5.56 Å². The van der Waals surface area contributed by atoms with Crippen molar-refractivity contribution in [3.05, 3.63) is 46.5 Å². The molecule has 0 bridgehead atoms. The molecule has 0 saturated heterocycles. The van der Waals surface area contributed by atoms with E-state index in [4.69, 9.17) is 10.2 Å². The maximum absolute atomic E-state index is 11.9. The first kappa shape index (κ1) is 13.7. The Balaban J connectivity index is 2.27. The summed E-state index contributed by atoms with van der Waals surface area (Å²) in [4.78, 5) is 18.1. The van der Waals surface area contributed by atoms with Gasteiger partial charge in [0.05, 0.1) is 18.9 Å². The number of aliphatic hydroxyl groups is 2. The van der Waals surface area contributed by atoms with Crippen molar-refractivity contribution in [2.45, 2.75) is 6.54 Å². The van der Waals surface area contributed by atoms with Crippen LogP contribution in [0.4, 0.5) is 0 Å². The van der Waals surface area contributed by atoms with Crippen LogP contribution in [0.5, 0.6) is 0 Å². The third-order valence-electron chi connectivity index (χ3n) is 2.84. The minimum Gasteiger partial charge on any atom is -0.395 e. The molecule has 0 saturated carbocycles. The van der Waals surface area contributed by atoms with Crippen LogP contribution in [-0.2, 0) is 6.54 Å². The molecule has 0 fully saturated rings. The van der Waals surface area contributed by atoms with E-state index in [9.17, 15) is 4.79 Å². The van der Waals surface area contributed by atoms with Crippen molar-refractivity contribution in [3.8, 4) is 0 Å². The van der Waals surface area contributed by atoms with E-state index in [-0.39, 0.29) is 18.8 Å². The summed E-state index contributed by atoms with van der Waals surface area (Å²) in [7, 11) is 0. The Kier molecular flexibility index (Phi) is 4.62. The number of aromatic nitrogens is 2. The fraction of sp³-hybridized carbons (Fsp3) is 0.385. The van der Waals surface area contributed by atoms with Gasteiger partial charge < -0.3 is 10.2 Å². The van der Waals surface area contributed by atoms with Gasteiger partial charge in [0, 0.05) is 31.9 Å². The lowest BCUT2D eigenvalue weighted by Crippen LogP contribution is -2.30. The van der Waals surface area contributed by atoms with Crippen LogP contribution >= 0.6 is 0 Å². The molecule has 0 unspecified atom stereocenters. The predicted molar refractivity (Wildman–Crippen MR) is 70.9 cm³/mol. The third kappa shape index (κ3) is 3.37. The number of fused-ring (bicyclic) bond motifs is 1. The topological polar surface area (TPSA) is 78.1 Å². The van der Waals surface area contributed by atoms with Crippen LogP contribution in [0.3, 0.4) is 0 Å². The summed E-state index contributed by atoms with van der Waals surface area (Å²) < 4.78 is 1.48. The molecule has 6 nitrogen and oxygen atoms in total. The normalized spacial score (nSPS) is 11.3. The summed E-state index contributed by atoms with van der Waals surface area (Å²) in [6, 6.07) is 6.85. The Bertz CT molecular complexity index is 591. The maximum Gasteiger partial charge on any atom is 0.258 e. The minimum atomic E-state index is -0.131. The second-order valence-corrected chi connectivity index (χ2v) is 4.24. The molecule has 102 valence electrons. The lowest BCUT2D eigenvalue weighted by Gasteiger charge is -2.19. The van der Waals surface area contributed by atoms with Crippen molar-refractivity contribution in [3.63, 3.8) is 0 Å². The smallest absolute Gasteiger partial charge is 0.258 e. The van der Waals surface area contributed by atoms with Gasteiger partial charge in [-0.25, -0.2) is 4.98 Å². The number of pyridine rings is 1. The molecule has 0 aliphatic rings. The molecule has 0 aromatic carbocycles. The molecular formula is C13H17N3O3. The first-order valence-corrected chi connectivity index (χ1v) is 6.16. The van der Waals surface area contributed by atoms with E-state index < -0.39 is 0 Å². The van der Waals surface area contributed by atoms with Crippen LogP contribution in [0.2, 0.25) is 0 Å². The summed E-state index contributed by atoms with van der Waals surface area (Å²) in [6.07, 6.45) is 1.67. The van der Waals surface area contributed by atoms with Gasteiger partial charge in [0.2, 0.25) is 0 Å². The van der Waals surface area contributed by atoms with Crippen molar-refractivity contribution in [2.24, 2.45) is 0 Å². The van der Waals surface area contributed by atoms with Gasteiger partial charge in [-0.05, 0) is 12.1 Å². The molecule has 0 aliphatic heterocycles. The Labute approximate surface area is 110 Å². The molecule has 2 heterocycles. The quantitative estimate of drug-likeness (QED) is 0.733. The second kappa shape index (κ2) is 6.42. The first-order valence-electron chi connectivity index (χ1n) is 6.16. The lowest BCUT2D eigenvalue weighted by molar-refractivity contribution is 0.154. The van der Waals surface area contributed by atoms with Crippen LogP contribution in [0.15, 0.2) is 35.3 Å². The van der Waals surface area contributed by atoms with Gasteiger partial charge in [-0.3, -0.25) is 14.1 Å². The zero-order chi connectivity index (χ0) is 13.7. The van der Waals surface area contributed by atoms with Crippen molar-refractivity contribution >= 4 is 5.65 Å². The molecule has 0 radical (unpaired) electrons. The lowest BCUT2D eigenvalue weighted by atomic mass is 10.3. The van der Waals surface area contributed by atoms with Crippen molar-refractivity contribution in [2.75, 3.05) is 26.3 Å². The Hall–Kier alpha value is -1.76. The summed E-state index contributed by atoms with van der Waals surface area (Å²) in [5, 5.41) is 17.9. The van der Waals surface area contributed by atoms with Gasteiger partial charge in [-0.15, -0.1) is 0 Å². The monoisotopic (exact) mass is 263 g/mol. The van der Waals surface area contributed by atoms with Gasteiger partial charge in [-0.1, -0.05) is 6.07 Å². The van der Waals surface area contributed by atoms with Crippen LogP contribution in [0.1, 0.15) is 5.69 Å². The SMILES string of the molecule is O=c1cc(CN(CCO)CCO)nc2ccccn12. The standard InChI is InChI=1S/C13H17N3O3/c17-7-5-15(6-8-18)10-11-9-13(19)16-4-2-1-3-12(16)14-11/h1-4,9,17-18H,5-8,10H2. The summed E-state index contributed by atoms with van der Waals surface area (Å²) in [6.45, 7) is 1.33. The molecule has 2 rings (SSSR count). The Morgan fingerprint density at radius 3 is 2.63 bits per heavy atom. The zero-order valence-electron chi connectivity index (χ0n) is 10.6. The highest BCUT2D eigenvalue weighted by Crippen LogP contribution is 2.02. The van der Waals surface area contributed by atoms with Gasteiger partial charge in [0.25, 0.3) is 5.56 Å². The summed E-state index contributed by atoms with van der Waals surface area (Å²) >= 11 is 0.